The van der Waals surface area contributed by atoms with Gasteiger partial charge in [-0.1, -0.05) is 6.92 Å². The van der Waals surface area contributed by atoms with Crippen LogP contribution in [0.3, 0.4) is 0 Å². The number of nitrogens with zero attached hydrogens (tertiary/aromatic N) is 2. The smallest absolute Gasteiger partial charge is 0.270 e. The fraction of sp³-hybridized carbons (Fsp3) is 0.267. The number of aromatic nitrogens is 2. The van der Waals surface area contributed by atoms with Crippen molar-refractivity contribution in [2.45, 2.75) is 26.3 Å². The molecule has 2 rings (SSSR count). The van der Waals surface area contributed by atoms with Gasteiger partial charge in [0.25, 0.3) is 5.91 Å². The van der Waals surface area contributed by atoms with Crippen molar-refractivity contribution in [2.75, 3.05) is 5.32 Å². The molecule has 5 nitrogen and oxygen atoms in total. The van der Waals surface area contributed by atoms with E-state index in [0.29, 0.717) is 0 Å². The third kappa shape index (κ3) is 3.97. The molecule has 0 spiro atoms. The van der Waals surface area contributed by atoms with Crippen LogP contribution in [0.25, 0.3) is 0 Å². The zero-order valence-electron chi connectivity index (χ0n) is 12.5. The Balaban J connectivity index is 2.21. The molecule has 0 bridgehead atoms. The number of amides is 1. The molecule has 0 aliphatic rings. The average Bonchev–Trinajstić information content (AvgIpc) is 2.55. The topological polar surface area (TPSA) is 66.9 Å². The molecule has 1 unspecified atom stereocenters. The van der Waals surface area contributed by atoms with Crippen LogP contribution in [0.4, 0.5) is 24.7 Å². The highest BCUT2D eigenvalue weighted by atomic mass is 19.2. The molecule has 0 saturated heterocycles. The second kappa shape index (κ2) is 7.08. The van der Waals surface area contributed by atoms with E-state index in [1.165, 1.54) is 6.07 Å². The molecule has 0 radical (unpaired) electrons. The van der Waals surface area contributed by atoms with Crippen LogP contribution in [0.15, 0.2) is 24.5 Å². The summed E-state index contributed by atoms with van der Waals surface area (Å²) in [7, 11) is 0. The fourth-order valence-electron chi connectivity index (χ4n) is 1.71. The Labute approximate surface area is 131 Å². The maximum absolute atomic E-state index is 13.6. The minimum atomic E-state index is -1.58. The van der Waals surface area contributed by atoms with Crippen LogP contribution in [-0.2, 0) is 0 Å². The van der Waals surface area contributed by atoms with Crippen molar-refractivity contribution in [3.63, 3.8) is 0 Å². The number of anilines is 2. The summed E-state index contributed by atoms with van der Waals surface area (Å²) in [5.41, 5.74) is -0.221. The largest absolute Gasteiger partial charge is 0.348 e. The van der Waals surface area contributed by atoms with Gasteiger partial charge in [0, 0.05) is 12.1 Å². The maximum Gasteiger partial charge on any atom is 0.270 e. The van der Waals surface area contributed by atoms with Crippen LogP contribution >= 0.6 is 0 Å². The monoisotopic (exact) mass is 324 g/mol. The van der Waals surface area contributed by atoms with Gasteiger partial charge < -0.3 is 10.6 Å². The summed E-state index contributed by atoms with van der Waals surface area (Å²) >= 11 is 0. The number of halogens is 3. The van der Waals surface area contributed by atoms with E-state index in [-0.39, 0.29) is 23.2 Å². The Morgan fingerprint density at radius 1 is 1.22 bits per heavy atom. The second-order valence-electron chi connectivity index (χ2n) is 4.92. The third-order valence-corrected chi connectivity index (χ3v) is 3.19. The predicted molar refractivity (Wildman–Crippen MR) is 78.8 cm³/mol. The summed E-state index contributed by atoms with van der Waals surface area (Å²) in [5.74, 6) is -4.56. The lowest BCUT2D eigenvalue weighted by atomic mass is 10.2. The van der Waals surface area contributed by atoms with E-state index in [1.807, 2.05) is 13.8 Å². The van der Waals surface area contributed by atoms with Gasteiger partial charge in [0.1, 0.15) is 17.8 Å². The molecule has 0 fully saturated rings. The molecule has 0 aliphatic heterocycles. The van der Waals surface area contributed by atoms with Crippen LogP contribution in [-0.4, -0.2) is 21.9 Å². The molecule has 2 aromatic rings. The first-order valence-electron chi connectivity index (χ1n) is 6.95. The van der Waals surface area contributed by atoms with E-state index >= 15 is 0 Å². The highest BCUT2D eigenvalue weighted by molar-refractivity contribution is 5.93. The first kappa shape index (κ1) is 16.7. The van der Waals surface area contributed by atoms with E-state index in [2.05, 4.69) is 20.6 Å². The van der Waals surface area contributed by atoms with Gasteiger partial charge in [-0.3, -0.25) is 4.79 Å². The van der Waals surface area contributed by atoms with E-state index < -0.39 is 23.4 Å². The molecular weight excluding hydrogens is 309 g/mol. The first-order chi connectivity index (χ1) is 10.9. The fourth-order valence-corrected chi connectivity index (χ4v) is 1.71. The standard InChI is InChI=1S/C15H15F3N4O/c1-3-8(2)21-15(23)11-6-12(20-7-19-11)22-10-5-4-9(16)13(17)14(10)18/h4-8H,3H2,1-2H3,(H,21,23)(H,19,20,22). The Morgan fingerprint density at radius 2 is 1.96 bits per heavy atom. The summed E-state index contributed by atoms with van der Waals surface area (Å²) < 4.78 is 39.7. The summed E-state index contributed by atoms with van der Waals surface area (Å²) in [6.07, 6.45) is 1.87. The Kier molecular flexibility index (Phi) is 5.15. The normalized spacial score (nSPS) is 11.9. The predicted octanol–water partition coefficient (Wildman–Crippen LogP) is 3.17. The molecule has 1 amide bonds. The molecule has 1 heterocycles. The van der Waals surface area contributed by atoms with Crippen LogP contribution < -0.4 is 10.6 Å². The second-order valence-corrected chi connectivity index (χ2v) is 4.92. The van der Waals surface area contributed by atoms with Crippen LogP contribution in [0.5, 0.6) is 0 Å². The Hall–Kier alpha value is -2.64. The molecule has 1 aromatic carbocycles. The van der Waals surface area contributed by atoms with Gasteiger partial charge in [0.2, 0.25) is 0 Å². The SMILES string of the molecule is CCC(C)NC(=O)c1cc(Nc2ccc(F)c(F)c2F)ncn1. The van der Waals surface area contributed by atoms with E-state index in [0.717, 1.165) is 24.9 Å². The zero-order valence-corrected chi connectivity index (χ0v) is 12.5. The maximum atomic E-state index is 13.6. The number of hydrogen-bond acceptors (Lipinski definition) is 4. The molecule has 1 atom stereocenters. The summed E-state index contributed by atoms with van der Waals surface area (Å²) in [4.78, 5) is 19.6. The molecule has 2 N–H and O–H groups in total. The molecule has 0 saturated carbocycles. The number of nitrogens with one attached hydrogen (secondary N) is 2. The van der Waals surface area contributed by atoms with E-state index in [4.69, 9.17) is 0 Å². The molecule has 8 heteroatoms. The number of carbonyl (C=O) groups is 1. The molecular formula is C15H15F3N4O. The van der Waals surface area contributed by atoms with Gasteiger partial charge in [-0.25, -0.2) is 23.1 Å². The number of hydrogen-bond donors (Lipinski definition) is 2. The van der Waals surface area contributed by atoms with Gasteiger partial charge >= 0.3 is 0 Å². The number of carbonyl (C=O) groups excluding carboxylic acids is 1. The quantitative estimate of drug-likeness (QED) is 0.829. The molecule has 1 aromatic heterocycles. The Bertz CT molecular complexity index is 724. The third-order valence-electron chi connectivity index (χ3n) is 3.19. The minimum absolute atomic E-state index is 0.0301. The van der Waals surface area contributed by atoms with Crippen molar-refractivity contribution in [3.8, 4) is 0 Å². The number of rotatable bonds is 5. The van der Waals surface area contributed by atoms with Crippen molar-refractivity contribution in [2.24, 2.45) is 0 Å². The van der Waals surface area contributed by atoms with Gasteiger partial charge in [0.05, 0.1) is 5.69 Å². The first-order valence-corrected chi connectivity index (χ1v) is 6.95. The average molecular weight is 324 g/mol. The summed E-state index contributed by atoms with van der Waals surface area (Å²) in [6.45, 7) is 3.76. The van der Waals surface area contributed by atoms with E-state index in [9.17, 15) is 18.0 Å². The lowest BCUT2D eigenvalue weighted by molar-refractivity contribution is 0.0934. The van der Waals surface area contributed by atoms with Crippen molar-refractivity contribution in [1.82, 2.24) is 15.3 Å². The van der Waals surface area contributed by atoms with Crippen molar-refractivity contribution in [3.05, 3.63) is 47.7 Å². The lowest BCUT2D eigenvalue weighted by Crippen LogP contribution is -2.32. The highest BCUT2D eigenvalue weighted by Gasteiger charge is 2.15. The highest BCUT2D eigenvalue weighted by Crippen LogP contribution is 2.22. The zero-order chi connectivity index (χ0) is 17.0. The van der Waals surface area contributed by atoms with Gasteiger partial charge in [-0.05, 0) is 25.5 Å². The summed E-state index contributed by atoms with van der Waals surface area (Å²) in [5, 5.41) is 5.21. The van der Waals surface area contributed by atoms with Crippen LogP contribution in [0, 0.1) is 17.5 Å². The van der Waals surface area contributed by atoms with Crippen molar-refractivity contribution in [1.29, 1.82) is 0 Å². The van der Waals surface area contributed by atoms with Gasteiger partial charge in [-0.2, -0.15) is 0 Å². The molecule has 122 valence electrons. The number of benzene rings is 1. The van der Waals surface area contributed by atoms with Gasteiger partial charge in [-0.15, -0.1) is 0 Å². The van der Waals surface area contributed by atoms with Crippen molar-refractivity contribution >= 4 is 17.4 Å². The summed E-state index contributed by atoms with van der Waals surface area (Å²) in [6, 6.07) is 3.09. The minimum Gasteiger partial charge on any atom is -0.348 e. The molecule has 23 heavy (non-hydrogen) atoms. The Morgan fingerprint density at radius 3 is 2.65 bits per heavy atom. The van der Waals surface area contributed by atoms with Crippen molar-refractivity contribution < 1.29 is 18.0 Å². The van der Waals surface area contributed by atoms with Gasteiger partial charge in [0.15, 0.2) is 17.5 Å². The van der Waals surface area contributed by atoms with E-state index in [1.54, 1.807) is 0 Å². The van der Waals surface area contributed by atoms with Crippen LogP contribution in [0.1, 0.15) is 30.8 Å². The van der Waals surface area contributed by atoms with Crippen LogP contribution in [0.2, 0.25) is 0 Å². The lowest BCUT2D eigenvalue weighted by Gasteiger charge is -2.12. The molecule has 0 aliphatic carbocycles.